The predicted molar refractivity (Wildman–Crippen MR) is 105 cm³/mol. The highest BCUT2D eigenvalue weighted by Crippen LogP contribution is 2.28. The fourth-order valence-corrected chi connectivity index (χ4v) is 4.41. The molecule has 3 fully saturated rings. The van der Waals surface area contributed by atoms with E-state index in [1.54, 1.807) is 12.1 Å². The number of urea groups is 1. The number of nitrogens with zero attached hydrogens (tertiary/aromatic N) is 3. The first-order chi connectivity index (χ1) is 14.0. The van der Waals surface area contributed by atoms with Crippen LogP contribution in [0, 0.1) is 0 Å². The highest BCUT2D eigenvalue weighted by atomic mass is 16.2. The number of likely N-dealkylation sites (tertiary alicyclic amines) is 1. The monoisotopic (exact) mass is 398 g/mol. The van der Waals surface area contributed by atoms with Crippen LogP contribution in [0.15, 0.2) is 30.3 Å². The van der Waals surface area contributed by atoms with E-state index in [4.69, 9.17) is 0 Å². The maximum Gasteiger partial charge on any atom is 0.335 e. The van der Waals surface area contributed by atoms with Gasteiger partial charge in [0.25, 0.3) is 5.91 Å². The first-order valence-corrected chi connectivity index (χ1v) is 10.3. The Morgan fingerprint density at radius 2 is 1.59 bits per heavy atom. The summed E-state index contributed by atoms with van der Waals surface area (Å²) in [6, 6.07) is 8.53. The maximum atomic E-state index is 12.7. The van der Waals surface area contributed by atoms with Crippen molar-refractivity contribution in [2.75, 3.05) is 19.8 Å². The molecule has 1 saturated carbocycles. The SMILES string of the molecule is O=C(NC1CCN(CN2C(=O)C(=O)N(C3CCCC3)C2=O)CC1)c1ccccc1. The van der Waals surface area contributed by atoms with E-state index in [2.05, 4.69) is 5.32 Å². The number of rotatable bonds is 5. The van der Waals surface area contributed by atoms with E-state index in [9.17, 15) is 19.2 Å². The van der Waals surface area contributed by atoms with E-state index in [0.717, 1.165) is 43.4 Å². The number of carbonyl (C=O) groups excluding carboxylic acids is 4. The maximum absolute atomic E-state index is 12.7. The molecule has 1 aliphatic carbocycles. The lowest BCUT2D eigenvalue weighted by Gasteiger charge is -2.34. The van der Waals surface area contributed by atoms with Crippen LogP contribution in [0.1, 0.15) is 48.9 Å². The Labute approximate surface area is 169 Å². The molecule has 2 saturated heterocycles. The van der Waals surface area contributed by atoms with Crippen molar-refractivity contribution in [2.45, 2.75) is 50.6 Å². The molecule has 0 spiro atoms. The number of piperidine rings is 1. The smallest absolute Gasteiger partial charge is 0.335 e. The molecule has 1 aromatic rings. The van der Waals surface area contributed by atoms with Crippen LogP contribution in [0.5, 0.6) is 0 Å². The average molecular weight is 398 g/mol. The summed E-state index contributed by atoms with van der Waals surface area (Å²) >= 11 is 0. The minimum atomic E-state index is -0.721. The lowest BCUT2D eigenvalue weighted by atomic mass is 10.0. The number of benzene rings is 1. The molecule has 8 heteroatoms. The minimum absolute atomic E-state index is 0.0561. The number of nitrogens with one attached hydrogen (secondary N) is 1. The van der Waals surface area contributed by atoms with Crippen LogP contribution in [0.3, 0.4) is 0 Å². The Balaban J connectivity index is 1.29. The summed E-state index contributed by atoms with van der Waals surface area (Å²) in [5.74, 6) is -1.50. The molecule has 5 amide bonds. The Hall–Kier alpha value is -2.74. The topological polar surface area (TPSA) is 90.0 Å². The summed E-state index contributed by atoms with van der Waals surface area (Å²) in [4.78, 5) is 53.9. The van der Waals surface area contributed by atoms with Crippen LogP contribution in [-0.2, 0) is 9.59 Å². The van der Waals surface area contributed by atoms with E-state index in [1.165, 1.54) is 4.90 Å². The highest BCUT2D eigenvalue weighted by Gasteiger charge is 2.48. The largest absolute Gasteiger partial charge is 0.349 e. The van der Waals surface area contributed by atoms with Gasteiger partial charge in [0.15, 0.2) is 0 Å². The van der Waals surface area contributed by atoms with E-state index >= 15 is 0 Å². The number of carbonyl (C=O) groups is 4. The van der Waals surface area contributed by atoms with E-state index < -0.39 is 17.8 Å². The summed E-state index contributed by atoms with van der Waals surface area (Å²) < 4.78 is 0. The number of imide groups is 2. The lowest BCUT2D eigenvalue weighted by Crippen LogP contribution is -2.49. The summed E-state index contributed by atoms with van der Waals surface area (Å²) in [5.41, 5.74) is 0.633. The van der Waals surface area contributed by atoms with Gasteiger partial charge in [0.1, 0.15) is 0 Å². The fraction of sp³-hybridized carbons (Fsp3) is 0.524. The van der Waals surface area contributed by atoms with Crippen LogP contribution in [0.4, 0.5) is 4.79 Å². The normalized spacial score (nSPS) is 22.0. The van der Waals surface area contributed by atoms with Crippen LogP contribution >= 0.6 is 0 Å². The zero-order valence-corrected chi connectivity index (χ0v) is 16.4. The van der Waals surface area contributed by atoms with Crippen LogP contribution in [-0.4, -0.2) is 70.3 Å². The van der Waals surface area contributed by atoms with Crippen molar-refractivity contribution >= 4 is 23.8 Å². The van der Waals surface area contributed by atoms with E-state index in [-0.39, 0.29) is 24.7 Å². The summed E-state index contributed by atoms with van der Waals surface area (Å²) in [5, 5.41) is 3.04. The van der Waals surface area contributed by atoms with Crippen LogP contribution < -0.4 is 5.32 Å². The van der Waals surface area contributed by atoms with Gasteiger partial charge in [-0.1, -0.05) is 31.0 Å². The molecule has 0 radical (unpaired) electrons. The lowest BCUT2D eigenvalue weighted by molar-refractivity contribution is -0.144. The van der Waals surface area contributed by atoms with Gasteiger partial charge in [-0.15, -0.1) is 0 Å². The summed E-state index contributed by atoms with van der Waals surface area (Å²) in [6.07, 6.45) is 5.00. The van der Waals surface area contributed by atoms with Crippen molar-refractivity contribution in [3.8, 4) is 0 Å². The third kappa shape index (κ3) is 4.03. The van der Waals surface area contributed by atoms with E-state index in [0.29, 0.717) is 18.7 Å². The van der Waals surface area contributed by atoms with Gasteiger partial charge in [-0.3, -0.25) is 24.2 Å². The fourth-order valence-electron chi connectivity index (χ4n) is 4.41. The summed E-state index contributed by atoms with van der Waals surface area (Å²) in [6.45, 7) is 1.43. The van der Waals surface area contributed by atoms with Gasteiger partial charge in [-0.05, 0) is 37.8 Å². The van der Waals surface area contributed by atoms with E-state index in [1.807, 2.05) is 23.1 Å². The molecule has 154 valence electrons. The minimum Gasteiger partial charge on any atom is -0.349 e. The molecule has 4 rings (SSSR count). The predicted octanol–water partition coefficient (Wildman–Crippen LogP) is 1.57. The molecule has 0 aromatic heterocycles. The number of hydrogen-bond donors (Lipinski definition) is 1. The van der Waals surface area contributed by atoms with Crippen LogP contribution in [0.25, 0.3) is 0 Å². The second-order valence-corrected chi connectivity index (χ2v) is 8.00. The molecule has 2 heterocycles. The van der Waals surface area contributed by atoms with Crippen molar-refractivity contribution in [1.82, 2.24) is 20.0 Å². The van der Waals surface area contributed by atoms with Gasteiger partial charge in [-0.2, -0.15) is 0 Å². The second kappa shape index (κ2) is 8.32. The van der Waals surface area contributed by atoms with Crippen molar-refractivity contribution in [2.24, 2.45) is 0 Å². The Kier molecular flexibility index (Phi) is 5.62. The zero-order chi connectivity index (χ0) is 20.4. The molecule has 0 unspecified atom stereocenters. The van der Waals surface area contributed by atoms with Gasteiger partial charge in [0.05, 0.1) is 6.67 Å². The zero-order valence-electron chi connectivity index (χ0n) is 16.4. The van der Waals surface area contributed by atoms with Crippen molar-refractivity contribution in [3.05, 3.63) is 35.9 Å². The van der Waals surface area contributed by atoms with Gasteiger partial charge in [-0.25, -0.2) is 9.69 Å². The molecule has 3 aliphatic rings. The molecular weight excluding hydrogens is 372 g/mol. The first-order valence-electron chi connectivity index (χ1n) is 10.3. The van der Waals surface area contributed by atoms with Gasteiger partial charge >= 0.3 is 17.8 Å². The summed E-state index contributed by atoms with van der Waals surface area (Å²) in [7, 11) is 0. The molecule has 29 heavy (non-hydrogen) atoms. The van der Waals surface area contributed by atoms with Gasteiger partial charge < -0.3 is 5.32 Å². The standard InChI is InChI=1S/C21H26N4O4/c26-18(15-6-2-1-3-7-15)22-16-10-12-23(13-11-16)14-24-19(27)20(28)25(21(24)29)17-8-4-5-9-17/h1-3,6-7,16-17H,4-5,8-14H2,(H,22,26). The van der Waals surface area contributed by atoms with Gasteiger partial charge in [0, 0.05) is 30.7 Å². The molecule has 1 N–H and O–H groups in total. The molecule has 0 bridgehead atoms. The molecule has 1 aromatic carbocycles. The van der Waals surface area contributed by atoms with Gasteiger partial charge in [0.2, 0.25) is 0 Å². The van der Waals surface area contributed by atoms with Crippen LogP contribution in [0.2, 0.25) is 0 Å². The number of hydrogen-bond acceptors (Lipinski definition) is 5. The second-order valence-electron chi connectivity index (χ2n) is 8.00. The Morgan fingerprint density at radius 3 is 2.24 bits per heavy atom. The van der Waals surface area contributed by atoms with Crippen molar-refractivity contribution in [3.63, 3.8) is 0 Å². The Morgan fingerprint density at radius 1 is 0.931 bits per heavy atom. The third-order valence-electron chi connectivity index (χ3n) is 6.07. The quantitative estimate of drug-likeness (QED) is 0.601. The number of amides is 5. The molecular formula is C21H26N4O4. The third-order valence-corrected chi connectivity index (χ3v) is 6.07. The average Bonchev–Trinajstić information content (AvgIpc) is 3.33. The van der Waals surface area contributed by atoms with Crippen molar-refractivity contribution < 1.29 is 19.2 Å². The Bertz CT molecular complexity index is 798. The molecule has 8 nitrogen and oxygen atoms in total. The molecule has 2 aliphatic heterocycles. The highest BCUT2D eigenvalue weighted by molar-refractivity contribution is 6.44. The first kappa shape index (κ1) is 19.6. The van der Waals surface area contributed by atoms with Crippen molar-refractivity contribution in [1.29, 1.82) is 0 Å². The molecule has 0 atom stereocenters.